The lowest BCUT2D eigenvalue weighted by molar-refractivity contribution is -0.141. The van der Waals surface area contributed by atoms with Crippen molar-refractivity contribution in [3.05, 3.63) is 58.6 Å². The van der Waals surface area contributed by atoms with Gasteiger partial charge >= 0.3 is 5.97 Å². The molecule has 0 heterocycles. The van der Waals surface area contributed by atoms with E-state index >= 15 is 0 Å². The molecule has 0 aromatic heterocycles. The first-order chi connectivity index (χ1) is 14.4. The lowest BCUT2D eigenvalue weighted by atomic mass is 10.0. The summed E-state index contributed by atoms with van der Waals surface area (Å²) in [4.78, 5) is 36.4. The molecule has 2 aromatic rings. The third kappa shape index (κ3) is 6.38. The smallest absolute Gasteiger partial charge is 0.307 e. The summed E-state index contributed by atoms with van der Waals surface area (Å²) in [7, 11) is 4.26. The highest BCUT2D eigenvalue weighted by Gasteiger charge is 2.21. The maximum absolute atomic E-state index is 12.4. The Morgan fingerprint density at radius 2 is 1.63 bits per heavy atom. The van der Waals surface area contributed by atoms with Crippen molar-refractivity contribution < 1.29 is 28.6 Å². The first-order valence-corrected chi connectivity index (χ1v) is 9.37. The number of rotatable bonds is 9. The molecule has 0 unspecified atom stereocenters. The number of hydrogen-bond donors (Lipinski definition) is 2. The molecule has 8 nitrogen and oxygen atoms in total. The van der Waals surface area contributed by atoms with Gasteiger partial charge in [0.2, 0.25) is 5.91 Å². The van der Waals surface area contributed by atoms with Gasteiger partial charge in [0.1, 0.15) is 0 Å². The molecular weight excluding hydrogens is 412 g/mol. The van der Waals surface area contributed by atoms with Gasteiger partial charge < -0.3 is 24.8 Å². The Labute approximate surface area is 179 Å². The Morgan fingerprint density at radius 3 is 2.23 bits per heavy atom. The van der Waals surface area contributed by atoms with Crippen LogP contribution < -0.4 is 20.1 Å². The summed E-state index contributed by atoms with van der Waals surface area (Å²) >= 11 is 5.80. The quantitative estimate of drug-likeness (QED) is 0.588. The summed E-state index contributed by atoms with van der Waals surface area (Å²) in [6.07, 6.45) is -0.0944. The minimum atomic E-state index is -0.683. The van der Waals surface area contributed by atoms with Crippen molar-refractivity contribution in [1.82, 2.24) is 10.6 Å². The summed E-state index contributed by atoms with van der Waals surface area (Å²) in [6.45, 7) is -0.271. The van der Waals surface area contributed by atoms with E-state index in [4.69, 9.17) is 25.8 Å². The van der Waals surface area contributed by atoms with Crippen LogP contribution in [0.25, 0.3) is 0 Å². The van der Waals surface area contributed by atoms with Gasteiger partial charge in [0.05, 0.1) is 40.3 Å². The first kappa shape index (κ1) is 23.0. The molecule has 0 saturated carbocycles. The van der Waals surface area contributed by atoms with E-state index in [0.717, 1.165) is 0 Å². The Hall–Kier alpha value is -3.26. The van der Waals surface area contributed by atoms with Gasteiger partial charge in [-0.25, -0.2) is 0 Å². The number of amides is 2. The second-order valence-electron chi connectivity index (χ2n) is 6.20. The number of esters is 1. The normalized spacial score (nSPS) is 11.2. The predicted molar refractivity (Wildman–Crippen MR) is 111 cm³/mol. The number of methoxy groups -OCH3 is 3. The minimum absolute atomic E-state index is 0.0944. The monoisotopic (exact) mass is 434 g/mol. The Kier molecular flexibility index (Phi) is 8.49. The van der Waals surface area contributed by atoms with Crippen molar-refractivity contribution in [3.8, 4) is 11.5 Å². The average molecular weight is 435 g/mol. The van der Waals surface area contributed by atoms with E-state index in [0.29, 0.717) is 27.6 Å². The predicted octanol–water partition coefficient (Wildman–Crippen LogP) is 2.51. The fourth-order valence-corrected chi connectivity index (χ4v) is 2.81. The molecule has 2 N–H and O–H groups in total. The van der Waals surface area contributed by atoms with E-state index in [9.17, 15) is 14.4 Å². The molecule has 160 valence electrons. The molecule has 0 bridgehead atoms. The number of carbonyl (C=O) groups excluding carboxylic acids is 3. The van der Waals surface area contributed by atoms with Crippen LogP contribution in [0.4, 0.5) is 0 Å². The largest absolute Gasteiger partial charge is 0.493 e. The number of benzene rings is 2. The SMILES string of the molecule is COC(=O)C[C@@H](NC(=O)CNC(=O)c1ccc(Cl)cc1)c1ccc(OC)c(OC)c1. The van der Waals surface area contributed by atoms with E-state index in [2.05, 4.69) is 10.6 Å². The summed E-state index contributed by atoms with van der Waals surface area (Å²) in [5.74, 6) is -0.423. The number of halogens is 1. The minimum Gasteiger partial charge on any atom is -0.493 e. The van der Waals surface area contributed by atoms with Crippen LogP contribution in [0.2, 0.25) is 5.02 Å². The number of nitrogens with one attached hydrogen (secondary N) is 2. The van der Waals surface area contributed by atoms with Crippen LogP contribution >= 0.6 is 11.6 Å². The Bertz CT molecular complexity index is 901. The Morgan fingerprint density at radius 1 is 0.967 bits per heavy atom. The molecule has 0 spiro atoms. The maximum Gasteiger partial charge on any atom is 0.307 e. The van der Waals surface area contributed by atoms with Gasteiger partial charge in [0.15, 0.2) is 11.5 Å². The van der Waals surface area contributed by atoms with Crippen LogP contribution in [0.15, 0.2) is 42.5 Å². The van der Waals surface area contributed by atoms with Crippen molar-refractivity contribution in [1.29, 1.82) is 0 Å². The topological polar surface area (TPSA) is 103 Å². The van der Waals surface area contributed by atoms with Gasteiger partial charge in [0, 0.05) is 10.6 Å². The zero-order valence-electron chi connectivity index (χ0n) is 16.9. The van der Waals surface area contributed by atoms with Crippen LogP contribution in [-0.4, -0.2) is 45.7 Å². The van der Waals surface area contributed by atoms with E-state index in [1.807, 2.05) is 0 Å². The first-order valence-electron chi connectivity index (χ1n) is 8.99. The Balaban J connectivity index is 2.08. The van der Waals surface area contributed by atoms with Crippen LogP contribution in [0.5, 0.6) is 11.5 Å². The second-order valence-corrected chi connectivity index (χ2v) is 6.64. The molecule has 0 fully saturated rings. The highest BCUT2D eigenvalue weighted by molar-refractivity contribution is 6.30. The summed E-state index contributed by atoms with van der Waals surface area (Å²) in [6, 6.07) is 10.6. The van der Waals surface area contributed by atoms with Crippen LogP contribution in [-0.2, 0) is 14.3 Å². The molecule has 0 aliphatic carbocycles. The van der Waals surface area contributed by atoms with Gasteiger partial charge in [-0.15, -0.1) is 0 Å². The van der Waals surface area contributed by atoms with E-state index in [-0.39, 0.29) is 13.0 Å². The summed E-state index contributed by atoms with van der Waals surface area (Å²) in [5.41, 5.74) is 0.994. The third-order valence-electron chi connectivity index (χ3n) is 4.26. The molecule has 2 aromatic carbocycles. The number of carbonyl (C=O) groups is 3. The zero-order valence-corrected chi connectivity index (χ0v) is 17.6. The average Bonchev–Trinajstić information content (AvgIpc) is 2.76. The highest BCUT2D eigenvalue weighted by atomic mass is 35.5. The standard InChI is InChI=1S/C21H23ClN2O6/c1-28-17-9-6-14(10-18(17)29-2)16(11-20(26)30-3)24-19(25)12-23-21(27)13-4-7-15(22)8-5-13/h4-10,16H,11-12H2,1-3H3,(H,23,27)(H,24,25)/t16-/m1/s1. The molecule has 0 radical (unpaired) electrons. The third-order valence-corrected chi connectivity index (χ3v) is 4.51. The van der Waals surface area contributed by atoms with Crippen LogP contribution in [0.1, 0.15) is 28.4 Å². The molecule has 0 saturated heterocycles. The molecule has 0 aliphatic heterocycles. The maximum atomic E-state index is 12.4. The van der Waals surface area contributed by atoms with Crippen molar-refractivity contribution in [2.45, 2.75) is 12.5 Å². The molecule has 9 heteroatoms. The fraction of sp³-hybridized carbons (Fsp3) is 0.286. The van der Waals surface area contributed by atoms with Crippen molar-refractivity contribution in [2.24, 2.45) is 0 Å². The number of hydrogen-bond acceptors (Lipinski definition) is 6. The number of ether oxygens (including phenoxy) is 3. The summed E-state index contributed by atoms with van der Waals surface area (Å²) in [5, 5.41) is 5.76. The highest BCUT2D eigenvalue weighted by Crippen LogP contribution is 2.31. The van der Waals surface area contributed by atoms with Crippen molar-refractivity contribution >= 4 is 29.4 Å². The van der Waals surface area contributed by atoms with Gasteiger partial charge in [-0.3, -0.25) is 14.4 Å². The fourth-order valence-electron chi connectivity index (χ4n) is 2.68. The molecular formula is C21H23ClN2O6. The second kappa shape index (κ2) is 11.1. The van der Waals surface area contributed by atoms with E-state index in [1.165, 1.54) is 21.3 Å². The zero-order chi connectivity index (χ0) is 22.1. The van der Waals surface area contributed by atoms with Crippen LogP contribution in [0.3, 0.4) is 0 Å². The van der Waals surface area contributed by atoms with E-state index < -0.39 is 23.8 Å². The van der Waals surface area contributed by atoms with Crippen molar-refractivity contribution in [3.63, 3.8) is 0 Å². The molecule has 30 heavy (non-hydrogen) atoms. The van der Waals surface area contributed by atoms with Gasteiger partial charge in [-0.05, 0) is 42.0 Å². The van der Waals surface area contributed by atoms with Gasteiger partial charge in [-0.2, -0.15) is 0 Å². The van der Waals surface area contributed by atoms with E-state index in [1.54, 1.807) is 42.5 Å². The van der Waals surface area contributed by atoms with Gasteiger partial charge in [-0.1, -0.05) is 17.7 Å². The molecule has 2 rings (SSSR count). The molecule has 2 amide bonds. The molecule has 0 aliphatic rings. The van der Waals surface area contributed by atoms with Gasteiger partial charge in [0.25, 0.3) is 5.91 Å². The lowest BCUT2D eigenvalue weighted by Crippen LogP contribution is -2.39. The van der Waals surface area contributed by atoms with Crippen LogP contribution in [0, 0.1) is 0 Å². The lowest BCUT2D eigenvalue weighted by Gasteiger charge is -2.20. The molecule has 1 atom stereocenters. The summed E-state index contributed by atoms with van der Waals surface area (Å²) < 4.78 is 15.2. The van der Waals surface area contributed by atoms with Crippen molar-refractivity contribution in [2.75, 3.05) is 27.9 Å².